The van der Waals surface area contributed by atoms with Crippen LogP contribution in [-0.4, -0.2) is 25.3 Å². The zero-order valence-corrected chi connectivity index (χ0v) is 4.84. The molecule has 0 aromatic rings. The zero-order chi connectivity index (χ0) is 5.98. The summed E-state index contributed by atoms with van der Waals surface area (Å²) in [7, 11) is 0. The van der Waals surface area contributed by atoms with Gasteiger partial charge in [-0.2, -0.15) is 0 Å². The van der Waals surface area contributed by atoms with Crippen molar-refractivity contribution >= 4 is 0 Å². The molecule has 3 heteroatoms. The number of ether oxygens (including phenoxy) is 1. The standard InChI is InChI=1S/C5H12N2O/c6-4-1-5(7)3-8-2-4/h4-5H,1-3,6-7H2/t4-,5+. The maximum Gasteiger partial charge on any atom is 0.0618 e. The lowest BCUT2D eigenvalue weighted by atomic mass is 10.1. The second-order valence-corrected chi connectivity index (χ2v) is 2.29. The van der Waals surface area contributed by atoms with E-state index in [9.17, 15) is 0 Å². The molecule has 1 fully saturated rings. The third-order valence-electron chi connectivity index (χ3n) is 1.27. The van der Waals surface area contributed by atoms with Crippen molar-refractivity contribution in [3.63, 3.8) is 0 Å². The highest BCUT2D eigenvalue weighted by Gasteiger charge is 2.14. The van der Waals surface area contributed by atoms with Gasteiger partial charge < -0.3 is 16.2 Å². The molecular weight excluding hydrogens is 104 g/mol. The predicted octanol–water partition coefficient (Wildman–Crippen LogP) is -0.939. The van der Waals surface area contributed by atoms with Crippen LogP contribution in [-0.2, 0) is 4.74 Å². The first-order valence-corrected chi connectivity index (χ1v) is 2.88. The Morgan fingerprint density at radius 3 is 1.88 bits per heavy atom. The van der Waals surface area contributed by atoms with Crippen LogP contribution in [0.4, 0.5) is 0 Å². The van der Waals surface area contributed by atoms with E-state index in [0.717, 1.165) is 6.42 Å². The first-order valence-electron chi connectivity index (χ1n) is 2.88. The van der Waals surface area contributed by atoms with E-state index in [1.54, 1.807) is 0 Å². The van der Waals surface area contributed by atoms with Gasteiger partial charge in [0.05, 0.1) is 13.2 Å². The fourth-order valence-corrected chi connectivity index (χ4v) is 0.896. The largest absolute Gasteiger partial charge is 0.378 e. The number of rotatable bonds is 0. The average Bonchev–Trinajstić information content (AvgIpc) is 1.64. The highest BCUT2D eigenvalue weighted by atomic mass is 16.5. The fraction of sp³-hybridized carbons (Fsp3) is 1.00. The van der Waals surface area contributed by atoms with E-state index >= 15 is 0 Å². The van der Waals surface area contributed by atoms with Gasteiger partial charge in [0, 0.05) is 12.1 Å². The lowest BCUT2D eigenvalue weighted by Crippen LogP contribution is -2.42. The maximum absolute atomic E-state index is 5.52. The van der Waals surface area contributed by atoms with Crippen LogP contribution in [0.1, 0.15) is 6.42 Å². The summed E-state index contributed by atoms with van der Waals surface area (Å²) in [5.41, 5.74) is 11.0. The van der Waals surface area contributed by atoms with Crippen molar-refractivity contribution in [1.82, 2.24) is 0 Å². The Balaban J connectivity index is 2.23. The van der Waals surface area contributed by atoms with Crippen LogP contribution in [0.3, 0.4) is 0 Å². The van der Waals surface area contributed by atoms with Gasteiger partial charge in [-0.25, -0.2) is 0 Å². The monoisotopic (exact) mass is 116 g/mol. The molecule has 4 N–H and O–H groups in total. The SMILES string of the molecule is N[C@@H]1COC[C@H](N)C1. The molecule has 0 radical (unpaired) electrons. The van der Waals surface area contributed by atoms with Crippen LogP contribution in [0, 0.1) is 0 Å². The van der Waals surface area contributed by atoms with E-state index in [1.165, 1.54) is 0 Å². The molecule has 0 aromatic carbocycles. The molecule has 0 unspecified atom stereocenters. The Morgan fingerprint density at radius 1 is 1.12 bits per heavy atom. The molecule has 48 valence electrons. The molecule has 1 rings (SSSR count). The molecule has 2 atom stereocenters. The van der Waals surface area contributed by atoms with Gasteiger partial charge in [0.1, 0.15) is 0 Å². The van der Waals surface area contributed by atoms with Crippen molar-refractivity contribution in [1.29, 1.82) is 0 Å². The van der Waals surface area contributed by atoms with E-state index in [0.29, 0.717) is 13.2 Å². The van der Waals surface area contributed by atoms with Crippen molar-refractivity contribution in [2.45, 2.75) is 18.5 Å². The third-order valence-corrected chi connectivity index (χ3v) is 1.27. The van der Waals surface area contributed by atoms with Crippen LogP contribution in [0.5, 0.6) is 0 Å². The Hall–Kier alpha value is -0.120. The summed E-state index contributed by atoms with van der Waals surface area (Å²) < 4.78 is 5.04. The summed E-state index contributed by atoms with van der Waals surface area (Å²) in [5, 5.41) is 0. The summed E-state index contributed by atoms with van der Waals surface area (Å²) >= 11 is 0. The van der Waals surface area contributed by atoms with E-state index in [4.69, 9.17) is 16.2 Å². The van der Waals surface area contributed by atoms with Gasteiger partial charge in [-0.05, 0) is 6.42 Å². The van der Waals surface area contributed by atoms with Crippen molar-refractivity contribution in [2.75, 3.05) is 13.2 Å². The molecule has 0 aliphatic carbocycles. The van der Waals surface area contributed by atoms with Gasteiger partial charge >= 0.3 is 0 Å². The van der Waals surface area contributed by atoms with E-state index in [-0.39, 0.29) is 12.1 Å². The van der Waals surface area contributed by atoms with Gasteiger partial charge in [0.15, 0.2) is 0 Å². The summed E-state index contributed by atoms with van der Waals surface area (Å²) in [5.74, 6) is 0. The molecule has 1 heterocycles. The van der Waals surface area contributed by atoms with Gasteiger partial charge in [-0.15, -0.1) is 0 Å². The van der Waals surface area contributed by atoms with Crippen LogP contribution < -0.4 is 11.5 Å². The summed E-state index contributed by atoms with van der Waals surface area (Å²) in [6.07, 6.45) is 0.903. The van der Waals surface area contributed by atoms with Crippen LogP contribution in [0.15, 0.2) is 0 Å². The topological polar surface area (TPSA) is 61.3 Å². The minimum absolute atomic E-state index is 0.166. The highest BCUT2D eigenvalue weighted by Crippen LogP contribution is 2.01. The Kier molecular flexibility index (Phi) is 1.83. The Morgan fingerprint density at radius 2 is 1.62 bits per heavy atom. The molecule has 0 amide bonds. The maximum atomic E-state index is 5.52. The third kappa shape index (κ3) is 1.43. The average molecular weight is 116 g/mol. The van der Waals surface area contributed by atoms with Crippen molar-refractivity contribution in [3.8, 4) is 0 Å². The second kappa shape index (κ2) is 2.44. The van der Waals surface area contributed by atoms with Gasteiger partial charge in [0.2, 0.25) is 0 Å². The molecule has 8 heavy (non-hydrogen) atoms. The first-order chi connectivity index (χ1) is 3.79. The Labute approximate surface area is 49.0 Å². The number of nitrogens with two attached hydrogens (primary N) is 2. The van der Waals surface area contributed by atoms with Gasteiger partial charge in [0.25, 0.3) is 0 Å². The molecule has 0 spiro atoms. The van der Waals surface area contributed by atoms with Crippen LogP contribution >= 0.6 is 0 Å². The predicted molar refractivity (Wildman–Crippen MR) is 31.4 cm³/mol. The number of hydrogen-bond acceptors (Lipinski definition) is 3. The van der Waals surface area contributed by atoms with Crippen LogP contribution in [0.2, 0.25) is 0 Å². The molecule has 3 nitrogen and oxygen atoms in total. The molecule has 1 saturated heterocycles. The number of hydrogen-bond donors (Lipinski definition) is 2. The lowest BCUT2D eigenvalue weighted by molar-refractivity contribution is 0.0680. The molecule has 1 aliphatic rings. The molecule has 0 saturated carbocycles. The van der Waals surface area contributed by atoms with Gasteiger partial charge in [-0.3, -0.25) is 0 Å². The summed E-state index contributed by atoms with van der Waals surface area (Å²) in [6.45, 7) is 1.35. The molecule has 0 bridgehead atoms. The Bertz CT molecular complexity index is 68.8. The molecule has 1 aliphatic heterocycles. The smallest absolute Gasteiger partial charge is 0.0618 e. The van der Waals surface area contributed by atoms with Crippen molar-refractivity contribution in [3.05, 3.63) is 0 Å². The first kappa shape index (κ1) is 6.01. The van der Waals surface area contributed by atoms with E-state index < -0.39 is 0 Å². The quantitative estimate of drug-likeness (QED) is 0.429. The second-order valence-electron chi connectivity index (χ2n) is 2.29. The zero-order valence-electron chi connectivity index (χ0n) is 4.84. The summed E-state index contributed by atoms with van der Waals surface area (Å²) in [6, 6.07) is 0.331. The minimum Gasteiger partial charge on any atom is -0.378 e. The fourth-order valence-electron chi connectivity index (χ4n) is 0.896. The normalized spacial score (nSPS) is 39.8. The van der Waals surface area contributed by atoms with Crippen molar-refractivity contribution < 1.29 is 4.74 Å². The summed E-state index contributed by atoms with van der Waals surface area (Å²) in [4.78, 5) is 0. The van der Waals surface area contributed by atoms with Gasteiger partial charge in [-0.1, -0.05) is 0 Å². The minimum atomic E-state index is 0.166. The highest BCUT2D eigenvalue weighted by molar-refractivity contribution is 4.74. The van der Waals surface area contributed by atoms with Crippen LogP contribution in [0.25, 0.3) is 0 Å². The lowest BCUT2D eigenvalue weighted by Gasteiger charge is -2.23. The van der Waals surface area contributed by atoms with E-state index in [1.807, 2.05) is 0 Å². The van der Waals surface area contributed by atoms with E-state index in [2.05, 4.69) is 0 Å². The van der Waals surface area contributed by atoms with Crippen molar-refractivity contribution in [2.24, 2.45) is 11.5 Å². The molecular formula is C5H12N2O. The molecule has 0 aromatic heterocycles.